The van der Waals surface area contributed by atoms with Crippen LogP contribution in [0.15, 0.2) is 24.3 Å². The fourth-order valence-corrected chi connectivity index (χ4v) is 3.37. The molecule has 2 aliphatic rings. The van der Waals surface area contributed by atoms with Gasteiger partial charge >= 0.3 is 5.97 Å². The summed E-state index contributed by atoms with van der Waals surface area (Å²) >= 11 is 0. The van der Waals surface area contributed by atoms with Gasteiger partial charge in [0, 0.05) is 18.9 Å². The molecule has 1 aromatic carbocycles. The van der Waals surface area contributed by atoms with Crippen LogP contribution in [0.4, 0.5) is 0 Å². The Morgan fingerprint density at radius 1 is 1.17 bits per heavy atom. The number of benzene rings is 1. The number of hydrogen-bond donors (Lipinski definition) is 0. The van der Waals surface area contributed by atoms with Crippen LogP contribution in [0.1, 0.15) is 44.1 Å². The van der Waals surface area contributed by atoms with Gasteiger partial charge in [-0.05, 0) is 43.9 Å². The lowest BCUT2D eigenvalue weighted by Gasteiger charge is -2.30. The number of esters is 1. The molecule has 2 fully saturated rings. The highest BCUT2D eigenvalue weighted by atomic mass is 16.7. The van der Waals surface area contributed by atoms with Gasteiger partial charge in [-0.3, -0.25) is 4.79 Å². The lowest BCUT2D eigenvalue weighted by molar-refractivity contribution is -0.153. The Morgan fingerprint density at radius 2 is 2.00 bits per heavy atom. The number of carbonyl (C=O) groups is 1. The van der Waals surface area contributed by atoms with Crippen molar-refractivity contribution in [3.63, 3.8) is 0 Å². The van der Waals surface area contributed by atoms with Crippen LogP contribution in [0.5, 0.6) is 5.75 Å². The molecule has 2 saturated heterocycles. The van der Waals surface area contributed by atoms with E-state index in [0.29, 0.717) is 19.8 Å². The van der Waals surface area contributed by atoms with Crippen LogP contribution in [0, 0.1) is 5.92 Å². The monoisotopic (exact) mass is 334 g/mol. The zero-order valence-corrected chi connectivity index (χ0v) is 14.2. The Bertz CT molecular complexity index is 521. The zero-order chi connectivity index (χ0) is 16.8. The maximum Gasteiger partial charge on any atom is 0.311 e. The molecular formula is C19H26O5. The SMILES string of the molecule is CCOC(=O)[C@H]1COCC[C@@H]1c1ccc(OC2CCCCO2)cc1. The third-order valence-corrected chi connectivity index (χ3v) is 4.66. The second-order valence-electron chi connectivity index (χ2n) is 6.31. The minimum atomic E-state index is -0.229. The summed E-state index contributed by atoms with van der Waals surface area (Å²) in [5.41, 5.74) is 1.13. The molecule has 0 aromatic heterocycles. The minimum Gasteiger partial charge on any atom is -0.466 e. The van der Waals surface area contributed by atoms with Crippen molar-refractivity contribution in [1.29, 1.82) is 0 Å². The van der Waals surface area contributed by atoms with Gasteiger partial charge in [-0.15, -0.1) is 0 Å². The lowest BCUT2D eigenvalue weighted by atomic mass is 9.82. The molecule has 5 nitrogen and oxygen atoms in total. The summed E-state index contributed by atoms with van der Waals surface area (Å²) in [6, 6.07) is 8.01. The molecule has 0 radical (unpaired) electrons. The third kappa shape index (κ3) is 4.28. The van der Waals surface area contributed by atoms with Gasteiger partial charge in [-0.2, -0.15) is 0 Å². The first kappa shape index (κ1) is 17.2. The van der Waals surface area contributed by atoms with E-state index in [9.17, 15) is 4.79 Å². The second kappa shape index (κ2) is 8.49. The van der Waals surface area contributed by atoms with Crippen molar-refractivity contribution in [2.75, 3.05) is 26.4 Å². The van der Waals surface area contributed by atoms with E-state index in [1.54, 1.807) is 0 Å². The maximum atomic E-state index is 12.2. The van der Waals surface area contributed by atoms with Crippen molar-refractivity contribution >= 4 is 5.97 Å². The highest BCUT2D eigenvalue weighted by molar-refractivity contribution is 5.74. The van der Waals surface area contributed by atoms with Crippen LogP contribution in [0.2, 0.25) is 0 Å². The van der Waals surface area contributed by atoms with E-state index in [4.69, 9.17) is 18.9 Å². The molecule has 3 rings (SSSR count). The van der Waals surface area contributed by atoms with Crippen LogP contribution >= 0.6 is 0 Å². The number of rotatable bonds is 5. The molecule has 1 unspecified atom stereocenters. The molecule has 0 aliphatic carbocycles. The van der Waals surface area contributed by atoms with Crippen molar-refractivity contribution in [2.24, 2.45) is 5.92 Å². The van der Waals surface area contributed by atoms with Crippen molar-refractivity contribution in [3.8, 4) is 5.75 Å². The first-order valence-electron chi connectivity index (χ1n) is 8.90. The molecule has 2 aliphatic heterocycles. The summed E-state index contributed by atoms with van der Waals surface area (Å²) in [5.74, 6) is 0.549. The Labute approximate surface area is 143 Å². The first-order chi connectivity index (χ1) is 11.8. The van der Waals surface area contributed by atoms with E-state index >= 15 is 0 Å². The summed E-state index contributed by atoms with van der Waals surface area (Å²) in [4.78, 5) is 12.2. The Balaban J connectivity index is 1.65. The van der Waals surface area contributed by atoms with E-state index in [1.807, 2.05) is 31.2 Å². The van der Waals surface area contributed by atoms with E-state index in [0.717, 1.165) is 43.6 Å². The van der Waals surface area contributed by atoms with Crippen LogP contribution in [0.25, 0.3) is 0 Å². The van der Waals surface area contributed by atoms with Crippen molar-refractivity contribution in [2.45, 2.75) is 44.8 Å². The predicted octanol–water partition coefficient (Wildman–Crippen LogP) is 3.28. The second-order valence-corrected chi connectivity index (χ2v) is 6.31. The van der Waals surface area contributed by atoms with Gasteiger partial charge in [0.2, 0.25) is 0 Å². The van der Waals surface area contributed by atoms with Crippen molar-refractivity contribution in [1.82, 2.24) is 0 Å². The third-order valence-electron chi connectivity index (χ3n) is 4.66. The minimum absolute atomic E-state index is 0.137. The smallest absolute Gasteiger partial charge is 0.311 e. The molecule has 0 amide bonds. The summed E-state index contributed by atoms with van der Waals surface area (Å²) < 4.78 is 22.2. The predicted molar refractivity (Wildman–Crippen MR) is 89.0 cm³/mol. The van der Waals surface area contributed by atoms with Gasteiger partial charge < -0.3 is 18.9 Å². The standard InChI is InChI=1S/C19H26O5/c1-2-22-19(20)17-13-21-12-10-16(17)14-6-8-15(9-7-14)24-18-5-3-4-11-23-18/h6-9,16-18H,2-5,10-13H2,1H3/t16-,17+,18?/m1/s1. The highest BCUT2D eigenvalue weighted by Crippen LogP contribution is 2.34. The molecule has 0 bridgehead atoms. The molecule has 2 heterocycles. The average molecular weight is 334 g/mol. The van der Waals surface area contributed by atoms with E-state index < -0.39 is 0 Å². The van der Waals surface area contributed by atoms with Crippen LogP contribution < -0.4 is 4.74 Å². The quantitative estimate of drug-likeness (QED) is 0.774. The first-order valence-corrected chi connectivity index (χ1v) is 8.90. The molecule has 24 heavy (non-hydrogen) atoms. The Hall–Kier alpha value is -1.59. The molecule has 0 spiro atoms. The number of carbonyl (C=O) groups excluding carboxylic acids is 1. The van der Waals surface area contributed by atoms with Crippen LogP contribution in [0.3, 0.4) is 0 Å². The topological polar surface area (TPSA) is 54.0 Å². The fraction of sp³-hybridized carbons (Fsp3) is 0.632. The number of ether oxygens (including phenoxy) is 4. The average Bonchev–Trinajstić information content (AvgIpc) is 2.63. The largest absolute Gasteiger partial charge is 0.466 e. The van der Waals surface area contributed by atoms with Gasteiger partial charge in [0.05, 0.1) is 25.7 Å². The van der Waals surface area contributed by atoms with Gasteiger partial charge in [-0.25, -0.2) is 0 Å². The van der Waals surface area contributed by atoms with E-state index in [1.165, 1.54) is 0 Å². The van der Waals surface area contributed by atoms with Crippen molar-refractivity contribution in [3.05, 3.63) is 29.8 Å². The molecule has 3 atom stereocenters. The number of hydrogen-bond acceptors (Lipinski definition) is 5. The molecule has 1 aromatic rings. The maximum absolute atomic E-state index is 12.2. The summed E-state index contributed by atoms with van der Waals surface area (Å²) in [6.07, 6.45) is 3.88. The van der Waals surface area contributed by atoms with E-state index in [-0.39, 0.29) is 24.1 Å². The molecule has 132 valence electrons. The molecule has 5 heteroatoms. The van der Waals surface area contributed by atoms with Gasteiger partial charge in [0.15, 0.2) is 6.29 Å². The summed E-state index contributed by atoms with van der Waals surface area (Å²) in [5, 5.41) is 0. The Morgan fingerprint density at radius 3 is 2.71 bits per heavy atom. The molecular weight excluding hydrogens is 308 g/mol. The molecule has 0 saturated carbocycles. The van der Waals surface area contributed by atoms with E-state index in [2.05, 4.69) is 0 Å². The highest BCUT2D eigenvalue weighted by Gasteiger charge is 2.33. The van der Waals surface area contributed by atoms with Crippen LogP contribution in [-0.4, -0.2) is 38.7 Å². The fourth-order valence-electron chi connectivity index (χ4n) is 3.37. The van der Waals surface area contributed by atoms with Crippen molar-refractivity contribution < 1.29 is 23.7 Å². The van der Waals surface area contributed by atoms with Gasteiger partial charge in [0.25, 0.3) is 0 Å². The van der Waals surface area contributed by atoms with Crippen LogP contribution in [-0.2, 0) is 19.0 Å². The Kier molecular flexibility index (Phi) is 6.10. The van der Waals surface area contributed by atoms with Gasteiger partial charge in [0.1, 0.15) is 5.75 Å². The zero-order valence-electron chi connectivity index (χ0n) is 14.2. The molecule has 0 N–H and O–H groups in total. The summed E-state index contributed by atoms with van der Waals surface area (Å²) in [7, 11) is 0. The lowest BCUT2D eigenvalue weighted by Crippen LogP contribution is -2.33. The van der Waals surface area contributed by atoms with Gasteiger partial charge in [-0.1, -0.05) is 12.1 Å². The summed E-state index contributed by atoms with van der Waals surface area (Å²) in [6.45, 7) is 4.10. The normalized spacial score (nSPS) is 27.5.